The molecule has 5 amide bonds. The van der Waals surface area contributed by atoms with Gasteiger partial charge < -0.3 is 44.1 Å². The highest BCUT2D eigenvalue weighted by molar-refractivity contribution is 8.76. The molecule has 2 fully saturated rings. The molecule has 0 aromatic rings. The maximum Gasteiger partial charge on any atom is 0.338 e. The quantitative estimate of drug-likeness (QED) is 0.0257. The van der Waals surface area contributed by atoms with E-state index in [1.165, 1.54) is 0 Å². The molecule has 0 aromatic heterocycles. The average molecular weight is 993 g/mol. The van der Waals surface area contributed by atoms with Crippen LogP contribution in [0.5, 0.6) is 0 Å². The fourth-order valence-electron chi connectivity index (χ4n) is 6.08. The first kappa shape index (κ1) is 64.7. The molecule has 67 heavy (non-hydrogen) atoms. The van der Waals surface area contributed by atoms with E-state index in [-0.39, 0.29) is 77.5 Å². The first-order valence-electron chi connectivity index (χ1n) is 22.2. The Morgan fingerprint density at radius 3 is 1.31 bits per heavy atom. The summed E-state index contributed by atoms with van der Waals surface area (Å²) in [4.78, 5) is 128. The van der Waals surface area contributed by atoms with Gasteiger partial charge in [0.25, 0.3) is 23.6 Å². The molecule has 0 radical (unpaired) electrons. The second-order valence-electron chi connectivity index (χ2n) is 17.1. The van der Waals surface area contributed by atoms with Crippen molar-refractivity contribution in [2.45, 2.75) is 121 Å². The summed E-state index contributed by atoms with van der Waals surface area (Å²) in [5.74, 6) is -3.44. The highest BCUT2D eigenvalue weighted by Crippen LogP contribution is 2.37. The van der Waals surface area contributed by atoms with E-state index in [2.05, 4.69) is 23.8 Å². The normalized spacial score (nSPS) is 13.8. The number of nitrogens with zero attached hydrogens (tertiary/aromatic N) is 2. The van der Waals surface area contributed by atoms with E-state index in [1.807, 2.05) is 20.9 Å². The predicted molar refractivity (Wildman–Crippen MR) is 252 cm³/mol. The minimum Gasteiger partial charge on any atom is -0.463 e. The Labute approximate surface area is 404 Å². The molecule has 0 aromatic carbocycles. The van der Waals surface area contributed by atoms with E-state index in [0.717, 1.165) is 12.0 Å². The van der Waals surface area contributed by atoms with Crippen molar-refractivity contribution in [3.8, 4) is 0 Å². The summed E-state index contributed by atoms with van der Waals surface area (Å²) >= 11 is 0. The third-order valence-corrected chi connectivity index (χ3v) is 11.6. The molecule has 22 heteroatoms. The number of carbonyl (C=O) groups excluding carboxylic acids is 10. The van der Waals surface area contributed by atoms with Crippen LogP contribution >= 0.6 is 21.6 Å². The Kier molecular flexibility index (Phi) is 32.8. The number of rotatable bonds is 29. The second kappa shape index (κ2) is 34.0. The molecule has 384 valence electrons. The third-order valence-electron chi connectivity index (χ3n) is 9.14. The fourth-order valence-corrected chi connectivity index (χ4v) is 8.02. The van der Waals surface area contributed by atoms with Crippen molar-refractivity contribution in [3.63, 3.8) is 0 Å². The Bertz CT molecular complexity index is 1590. The lowest BCUT2D eigenvalue weighted by atomic mass is 9.75. The Balaban J connectivity index is 0. The van der Waals surface area contributed by atoms with Gasteiger partial charge in [-0.3, -0.25) is 33.6 Å². The predicted octanol–water partition coefficient (Wildman–Crippen LogP) is 4.72. The lowest BCUT2D eigenvalue weighted by Crippen LogP contribution is -2.41. The summed E-state index contributed by atoms with van der Waals surface area (Å²) in [6.45, 7) is 25.3. The van der Waals surface area contributed by atoms with Gasteiger partial charge in [0, 0.05) is 63.1 Å². The van der Waals surface area contributed by atoms with Crippen molar-refractivity contribution >= 4 is 81.3 Å². The molecule has 2 N–H and O–H groups in total. The Morgan fingerprint density at radius 2 is 0.940 bits per heavy atom. The number of hydroxylamine groups is 4. The summed E-state index contributed by atoms with van der Waals surface area (Å²) in [5, 5.41) is 6.68. The summed E-state index contributed by atoms with van der Waals surface area (Å²) in [5.41, 5.74) is -4.27. The van der Waals surface area contributed by atoms with E-state index >= 15 is 0 Å². The minimum atomic E-state index is -1.16. The van der Waals surface area contributed by atoms with Crippen LogP contribution in [0.3, 0.4) is 0 Å². The van der Waals surface area contributed by atoms with Crippen LogP contribution in [0.4, 0.5) is 0 Å². The van der Waals surface area contributed by atoms with Gasteiger partial charge in [-0.25, -0.2) is 9.59 Å². The van der Waals surface area contributed by atoms with Crippen molar-refractivity contribution in [3.05, 3.63) is 13.2 Å². The number of imide groups is 2. The van der Waals surface area contributed by atoms with Crippen LogP contribution < -0.4 is 10.6 Å². The van der Waals surface area contributed by atoms with Gasteiger partial charge in [-0.1, -0.05) is 35.4 Å². The number of aldehydes is 1. The third kappa shape index (κ3) is 26.1. The molecule has 0 saturated carbocycles. The summed E-state index contributed by atoms with van der Waals surface area (Å²) in [6, 6.07) is 0. The fraction of sp³-hybridized carbons (Fsp3) is 0.733. The minimum absolute atomic E-state index is 0.00144. The first-order chi connectivity index (χ1) is 31.4. The van der Waals surface area contributed by atoms with Gasteiger partial charge in [0.2, 0.25) is 5.91 Å². The van der Waals surface area contributed by atoms with Crippen molar-refractivity contribution < 1.29 is 76.6 Å². The molecule has 2 heterocycles. The van der Waals surface area contributed by atoms with Crippen LogP contribution in [-0.2, 0) is 76.6 Å². The molecule has 2 aliphatic rings. The van der Waals surface area contributed by atoms with E-state index in [9.17, 15) is 47.9 Å². The smallest absolute Gasteiger partial charge is 0.338 e. The van der Waals surface area contributed by atoms with Crippen molar-refractivity contribution in [1.29, 1.82) is 0 Å². The van der Waals surface area contributed by atoms with E-state index in [1.54, 1.807) is 77.0 Å². The molecule has 0 bridgehead atoms. The Hall–Kier alpha value is -4.38. The summed E-state index contributed by atoms with van der Waals surface area (Å²) in [7, 11) is 4.93. The van der Waals surface area contributed by atoms with Gasteiger partial charge >= 0.3 is 23.9 Å². The van der Waals surface area contributed by atoms with E-state index in [0.29, 0.717) is 48.4 Å². The highest BCUT2D eigenvalue weighted by Gasteiger charge is 2.45. The molecule has 0 aliphatic carbocycles. The van der Waals surface area contributed by atoms with Gasteiger partial charge in [-0.05, 0) is 75.3 Å². The zero-order valence-electron chi connectivity index (χ0n) is 41.5. The number of hydrogen-bond donors (Lipinski definition) is 2. The topological polar surface area (TPSA) is 257 Å². The lowest BCUT2D eigenvalue weighted by Gasteiger charge is -2.32. The highest BCUT2D eigenvalue weighted by atomic mass is 33.1. The molecule has 0 unspecified atom stereocenters. The molecule has 20 nitrogen and oxygen atoms in total. The maximum absolute atomic E-state index is 12.5. The summed E-state index contributed by atoms with van der Waals surface area (Å²) < 4.78 is 21.2. The molecule has 2 saturated heterocycles. The van der Waals surface area contributed by atoms with Gasteiger partial charge in [0.15, 0.2) is 0 Å². The molecule has 2 rings (SSSR count). The number of nitrogens with one attached hydrogen (secondary N) is 2. The monoisotopic (exact) mass is 992 g/mol. The molecule has 0 atom stereocenters. The van der Waals surface area contributed by atoms with E-state index in [4.69, 9.17) is 28.6 Å². The van der Waals surface area contributed by atoms with Crippen molar-refractivity contribution in [1.82, 2.24) is 20.8 Å². The lowest BCUT2D eigenvalue weighted by molar-refractivity contribution is -0.205. The van der Waals surface area contributed by atoms with Gasteiger partial charge in [0.05, 0.1) is 48.1 Å². The number of likely N-dealkylation sites (N-methyl/N-ethyl adjacent to an activating group) is 1. The number of esters is 2. The van der Waals surface area contributed by atoms with Gasteiger partial charge in [-0.2, -0.15) is 0 Å². The van der Waals surface area contributed by atoms with Crippen LogP contribution in [0.15, 0.2) is 13.2 Å². The van der Waals surface area contributed by atoms with E-state index < -0.39 is 69.2 Å². The van der Waals surface area contributed by atoms with Gasteiger partial charge in [0.1, 0.15) is 19.5 Å². The van der Waals surface area contributed by atoms with Crippen LogP contribution in [0, 0.1) is 21.7 Å². The number of hydrogen-bond acceptors (Lipinski definition) is 19. The SMILES string of the molecule is C=C.CC.CC(C)(CC(C)(C)C(=O)ON1C(=O)CCC1=O)C(=O)OCCOCCNC(=O)CCSSCCC=O.CNCCOCCOC(=O)C(C)(C)CC(C)(C)C(=O)ON1C(=O)CCC1=O. The molecular weight excluding hydrogens is 917 g/mol. The number of carbonyl (C=O) groups is 10. The van der Waals surface area contributed by atoms with Crippen molar-refractivity contribution in [2.75, 3.05) is 71.3 Å². The number of amides is 5. The van der Waals surface area contributed by atoms with Gasteiger partial charge in [-0.15, -0.1) is 23.3 Å². The maximum atomic E-state index is 12.5. The molecule has 2 aliphatic heterocycles. The summed E-state index contributed by atoms with van der Waals surface area (Å²) in [6.07, 6.45) is 1.99. The van der Waals surface area contributed by atoms with Crippen LogP contribution in [0.2, 0.25) is 0 Å². The van der Waals surface area contributed by atoms with Crippen LogP contribution in [-0.4, -0.2) is 141 Å². The first-order valence-corrected chi connectivity index (χ1v) is 24.7. The largest absolute Gasteiger partial charge is 0.463 e. The average Bonchev–Trinajstić information content (AvgIpc) is 3.76. The zero-order chi connectivity index (χ0) is 51.9. The standard InChI is InChI=1S/C23H36N2O9S2.C18H30N2O7.C2H6.C2H4/c1-22(2,16-23(3,4)21(31)34-25-18(28)6-7-19(25)29)20(30)33-13-12-32-11-9-24-17(27)8-15-36-35-14-5-10-26;1-17(2,15(23)26-11-10-25-9-8-19-5)12-18(3,4)16(24)27-20-13(21)6-7-14(20)22;2*1-2/h10H,5-9,11-16H2,1-4H3,(H,24,27);19H,6-12H2,1-5H3;1-2H3;1-2H2. The van der Waals surface area contributed by atoms with Crippen molar-refractivity contribution in [2.24, 2.45) is 21.7 Å². The molecule has 0 spiro atoms. The number of ether oxygens (including phenoxy) is 4. The van der Waals surface area contributed by atoms with Crippen LogP contribution in [0.25, 0.3) is 0 Å². The van der Waals surface area contributed by atoms with Crippen LogP contribution in [0.1, 0.15) is 121 Å². The zero-order valence-corrected chi connectivity index (χ0v) is 43.1. The Morgan fingerprint density at radius 1 is 0.582 bits per heavy atom. The second-order valence-corrected chi connectivity index (χ2v) is 19.8. The molecular formula is C45H76N4O16S2.